The minimum atomic E-state index is -0.952. The van der Waals surface area contributed by atoms with Gasteiger partial charge in [0.2, 0.25) is 0 Å². The van der Waals surface area contributed by atoms with Gasteiger partial charge in [-0.1, -0.05) is 25.0 Å². The second kappa shape index (κ2) is 6.78. The molecule has 0 aliphatic rings. The van der Waals surface area contributed by atoms with E-state index in [-0.39, 0.29) is 17.7 Å². The smallest absolute Gasteiger partial charge is 0.305 e. The molecule has 0 saturated heterocycles. The van der Waals surface area contributed by atoms with Crippen LogP contribution in [0.2, 0.25) is 0 Å². The van der Waals surface area contributed by atoms with Crippen molar-refractivity contribution in [1.82, 2.24) is 5.32 Å². The molecule has 1 rings (SSSR count). The highest BCUT2D eigenvalue weighted by Gasteiger charge is 2.18. The molecule has 0 bridgehead atoms. The van der Waals surface area contributed by atoms with Gasteiger partial charge in [0.25, 0.3) is 5.91 Å². The van der Waals surface area contributed by atoms with Gasteiger partial charge < -0.3 is 15.5 Å². The summed E-state index contributed by atoms with van der Waals surface area (Å²) >= 11 is 0. The van der Waals surface area contributed by atoms with E-state index in [0.29, 0.717) is 6.42 Å². The standard InChI is InChI=1S/C14H19NO4/c1-3-4-10(8-13(17)18)15-14(19)11-7-9(2)5-6-12(11)16/h5-7,10,16H,3-4,8H2,1-2H3,(H,15,19)(H,17,18). The van der Waals surface area contributed by atoms with Crippen molar-refractivity contribution in [1.29, 1.82) is 0 Å². The van der Waals surface area contributed by atoms with E-state index in [2.05, 4.69) is 5.32 Å². The van der Waals surface area contributed by atoms with Gasteiger partial charge >= 0.3 is 5.97 Å². The highest BCUT2D eigenvalue weighted by Crippen LogP contribution is 2.18. The fourth-order valence-corrected chi connectivity index (χ4v) is 1.88. The lowest BCUT2D eigenvalue weighted by Crippen LogP contribution is -2.36. The Kier molecular flexibility index (Phi) is 5.36. The summed E-state index contributed by atoms with van der Waals surface area (Å²) < 4.78 is 0. The fourth-order valence-electron chi connectivity index (χ4n) is 1.88. The van der Waals surface area contributed by atoms with Crippen LogP contribution < -0.4 is 5.32 Å². The number of carboxylic acids is 1. The normalized spacial score (nSPS) is 11.9. The number of carbonyl (C=O) groups is 2. The first kappa shape index (κ1) is 15.0. The summed E-state index contributed by atoms with van der Waals surface area (Å²) in [5.41, 5.74) is 1.03. The maximum absolute atomic E-state index is 12.0. The van der Waals surface area contributed by atoms with E-state index < -0.39 is 17.9 Å². The van der Waals surface area contributed by atoms with Crippen molar-refractivity contribution in [2.75, 3.05) is 0 Å². The number of phenols is 1. The summed E-state index contributed by atoms with van der Waals surface area (Å²) in [7, 11) is 0. The summed E-state index contributed by atoms with van der Waals surface area (Å²) in [6, 6.07) is 4.31. The molecule has 0 fully saturated rings. The summed E-state index contributed by atoms with van der Waals surface area (Å²) in [5, 5.41) is 21.1. The number of benzene rings is 1. The minimum absolute atomic E-state index is 0.103. The average molecular weight is 265 g/mol. The summed E-state index contributed by atoms with van der Waals surface area (Å²) in [4.78, 5) is 22.7. The van der Waals surface area contributed by atoms with E-state index in [1.165, 1.54) is 6.07 Å². The average Bonchev–Trinajstić information content (AvgIpc) is 2.31. The van der Waals surface area contributed by atoms with E-state index in [1.807, 2.05) is 13.8 Å². The molecule has 0 aromatic heterocycles. The van der Waals surface area contributed by atoms with Crippen LogP contribution in [0.1, 0.15) is 42.1 Å². The zero-order chi connectivity index (χ0) is 14.4. The molecule has 3 N–H and O–H groups in total. The first-order chi connectivity index (χ1) is 8.93. The van der Waals surface area contributed by atoms with Crippen molar-refractivity contribution in [2.24, 2.45) is 0 Å². The number of nitrogens with one attached hydrogen (secondary N) is 1. The quantitative estimate of drug-likeness (QED) is 0.735. The Hall–Kier alpha value is -2.04. The van der Waals surface area contributed by atoms with E-state index in [4.69, 9.17) is 5.11 Å². The lowest BCUT2D eigenvalue weighted by atomic mass is 10.1. The third-order valence-corrected chi connectivity index (χ3v) is 2.79. The fraction of sp³-hybridized carbons (Fsp3) is 0.429. The van der Waals surface area contributed by atoms with E-state index >= 15 is 0 Å². The molecule has 0 aliphatic heterocycles. The molecule has 1 amide bonds. The van der Waals surface area contributed by atoms with Crippen LogP contribution in [0.5, 0.6) is 5.75 Å². The highest BCUT2D eigenvalue weighted by atomic mass is 16.4. The zero-order valence-corrected chi connectivity index (χ0v) is 11.1. The van der Waals surface area contributed by atoms with E-state index in [0.717, 1.165) is 12.0 Å². The molecule has 0 spiro atoms. The van der Waals surface area contributed by atoms with Gasteiger partial charge in [-0.05, 0) is 25.5 Å². The van der Waals surface area contributed by atoms with Crippen molar-refractivity contribution in [3.8, 4) is 5.75 Å². The molecule has 1 aromatic rings. The monoisotopic (exact) mass is 265 g/mol. The predicted molar refractivity (Wildman–Crippen MR) is 71.3 cm³/mol. The topological polar surface area (TPSA) is 86.6 Å². The molecule has 1 unspecified atom stereocenters. The molecular weight excluding hydrogens is 246 g/mol. The number of aryl methyl sites for hydroxylation is 1. The Morgan fingerprint density at radius 2 is 2.05 bits per heavy atom. The third kappa shape index (κ3) is 4.62. The lowest BCUT2D eigenvalue weighted by molar-refractivity contribution is -0.137. The summed E-state index contributed by atoms with van der Waals surface area (Å²) in [6.07, 6.45) is 1.24. The van der Waals surface area contributed by atoms with Crippen LogP contribution in [0.4, 0.5) is 0 Å². The van der Waals surface area contributed by atoms with Crippen LogP contribution in [-0.4, -0.2) is 28.1 Å². The van der Waals surface area contributed by atoms with Crippen LogP contribution in [0.25, 0.3) is 0 Å². The zero-order valence-electron chi connectivity index (χ0n) is 11.1. The van der Waals surface area contributed by atoms with Crippen LogP contribution in [0.3, 0.4) is 0 Å². The first-order valence-corrected chi connectivity index (χ1v) is 6.26. The van der Waals surface area contributed by atoms with Crippen molar-refractivity contribution < 1.29 is 19.8 Å². The summed E-state index contributed by atoms with van der Waals surface area (Å²) in [5.74, 6) is -1.50. The van der Waals surface area contributed by atoms with Gasteiger partial charge in [-0.15, -0.1) is 0 Å². The number of amides is 1. The maximum atomic E-state index is 12.0. The SMILES string of the molecule is CCCC(CC(=O)O)NC(=O)c1cc(C)ccc1O. The van der Waals surface area contributed by atoms with Gasteiger partial charge in [-0.3, -0.25) is 9.59 Å². The molecule has 0 aliphatic carbocycles. The highest BCUT2D eigenvalue weighted by molar-refractivity contribution is 5.97. The molecule has 104 valence electrons. The van der Waals surface area contributed by atoms with Crippen molar-refractivity contribution in [2.45, 2.75) is 39.2 Å². The van der Waals surface area contributed by atoms with Crippen molar-refractivity contribution >= 4 is 11.9 Å². The largest absolute Gasteiger partial charge is 0.507 e. The number of rotatable bonds is 6. The lowest BCUT2D eigenvalue weighted by Gasteiger charge is -2.16. The first-order valence-electron chi connectivity index (χ1n) is 6.26. The maximum Gasteiger partial charge on any atom is 0.305 e. The molecular formula is C14H19NO4. The molecule has 0 saturated carbocycles. The number of hydrogen-bond acceptors (Lipinski definition) is 3. The van der Waals surface area contributed by atoms with E-state index in [1.54, 1.807) is 12.1 Å². The molecule has 5 nitrogen and oxygen atoms in total. The number of carbonyl (C=O) groups excluding carboxylic acids is 1. The van der Waals surface area contributed by atoms with E-state index in [9.17, 15) is 14.7 Å². The van der Waals surface area contributed by atoms with Crippen LogP contribution >= 0.6 is 0 Å². The van der Waals surface area contributed by atoms with Crippen LogP contribution in [0.15, 0.2) is 18.2 Å². The Bertz CT molecular complexity index is 471. The molecule has 1 atom stereocenters. The van der Waals surface area contributed by atoms with Gasteiger partial charge in [-0.2, -0.15) is 0 Å². The molecule has 1 aromatic carbocycles. The second-order valence-corrected chi connectivity index (χ2v) is 4.58. The number of hydrogen-bond donors (Lipinski definition) is 3. The second-order valence-electron chi connectivity index (χ2n) is 4.58. The van der Waals surface area contributed by atoms with Gasteiger partial charge in [0, 0.05) is 6.04 Å². The Morgan fingerprint density at radius 3 is 2.63 bits per heavy atom. The summed E-state index contributed by atoms with van der Waals surface area (Å²) in [6.45, 7) is 3.74. The van der Waals surface area contributed by atoms with Gasteiger partial charge in [0.1, 0.15) is 5.75 Å². The number of aromatic hydroxyl groups is 1. The Morgan fingerprint density at radius 1 is 1.37 bits per heavy atom. The molecule has 0 radical (unpaired) electrons. The predicted octanol–water partition coefficient (Wildman–Crippen LogP) is 2.07. The third-order valence-electron chi connectivity index (χ3n) is 2.79. The Labute approximate surface area is 112 Å². The van der Waals surface area contributed by atoms with Gasteiger partial charge in [-0.25, -0.2) is 0 Å². The minimum Gasteiger partial charge on any atom is -0.507 e. The van der Waals surface area contributed by atoms with Crippen molar-refractivity contribution in [3.05, 3.63) is 29.3 Å². The molecule has 19 heavy (non-hydrogen) atoms. The number of carboxylic acid groups (broad SMARTS) is 1. The van der Waals surface area contributed by atoms with Crippen LogP contribution in [-0.2, 0) is 4.79 Å². The molecule has 0 heterocycles. The Balaban J connectivity index is 2.81. The van der Waals surface area contributed by atoms with Gasteiger partial charge in [0.15, 0.2) is 0 Å². The number of phenolic OH excluding ortho intramolecular Hbond substituents is 1. The number of aliphatic carboxylic acids is 1. The molecule has 5 heteroatoms. The van der Waals surface area contributed by atoms with Gasteiger partial charge in [0.05, 0.1) is 12.0 Å². The van der Waals surface area contributed by atoms with Crippen molar-refractivity contribution in [3.63, 3.8) is 0 Å². The van der Waals surface area contributed by atoms with Crippen LogP contribution in [0, 0.1) is 6.92 Å².